The fourth-order valence-electron chi connectivity index (χ4n) is 3.41. The van der Waals surface area contributed by atoms with Gasteiger partial charge in [0.15, 0.2) is 0 Å². The molecule has 0 saturated heterocycles. The first-order chi connectivity index (χ1) is 12.9. The number of hydrogen-bond acceptors (Lipinski definition) is 2. The summed E-state index contributed by atoms with van der Waals surface area (Å²) in [5.41, 5.74) is 6.35. The van der Waals surface area contributed by atoms with Crippen molar-refractivity contribution in [2.45, 2.75) is 0 Å². The van der Waals surface area contributed by atoms with E-state index in [-0.39, 0.29) is 0 Å². The highest BCUT2D eigenvalue weighted by Crippen LogP contribution is 2.35. The minimum atomic E-state index is 0.920. The summed E-state index contributed by atoms with van der Waals surface area (Å²) < 4.78 is 5.95. The molecule has 0 spiro atoms. The molecule has 0 bridgehead atoms. The van der Waals surface area contributed by atoms with Gasteiger partial charge in [0.25, 0.3) is 0 Å². The second-order valence-corrected chi connectivity index (χ2v) is 6.35. The van der Waals surface area contributed by atoms with Crippen LogP contribution in [0.1, 0.15) is 0 Å². The van der Waals surface area contributed by atoms with Crippen molar-refractivity contribution in [2.75, 3.05) is 5.32 Å². The van der Waals surface area contributed by atoms with Crippen LogP contribution in [-0.2, 0) is 0 Å². The molecule has 0 radical (unpaired) electrons. The van der Waals surface area contributed by atoms with Crippen LogP contribution in [0.15, 0.2) is 101 Å². The van der Waals surface area contributed by atoms with Crippen molar-refractivity contribution in [3.63, 3.8) is 0 Å². The van der Waals surface area contributed by atoms with E-state index < -0.39 is 0 Å². The van der Waals surface area contributed by atoms with Crippen molar-refractivity contribution in [2.24, 2.45) is 0 Å². The van der Waals surface area contributed by atoms with Gasteiger partial charge in [0.2, 0.25) is 0 Å². The molecule has 0 aliphatic carbocycles. The van der Waals surface area contributed by atoms with Gasteiger partial charge in [-0.25, -0.2) is 0 Å². The summed E-state index contributed by atoms with van der Waals surface area (Å²) in [7, 11) is 0. The molecule has 1 heterocycles. The molecule has 0 saturated carbocycles. The minimum absolute atomic E-state index is 0.920. The lowest BCUT2D eigenvalue weighted by Crippen LogP contribution is -1.92. The molecule has 1 aromatic heterocycles. The lowest BCUT2D eigenvalue weighted by Gasteiger charge is -2.12. The highest BCUT2D eigenvalue weighted by molar-refractivity contribution is 6.06. The minimum Gasteiger partial charge on any atom is -0.456 e. The van der Waals surface area contributed by atoms with Gasteiger partial charge in [0.05, 0.1) is 0 Å². The molecule has 26 heavy (non-hydrogen) atoms. The number of hydrogen-bond donors (Lipinski definition) is 1. The topological polar surface area (TPSA) is 25.2 Å². The Morgan fingerprint density at radius 1 is 0.577 bits per heavy atom. The largest absolute Gasteiger partial charge is 0.456 e. The second-order valence-electron chi connectivity index (χ2n) is 6.35. The van der Waals surface area contributed by atoms with E-state index in [1.54, 1.807) is 0 Å². The zero-order valence-electron chi connectivity index (χ0n) is 14.1. The number of rotatable bonds is 3. The molecule has 0 aliphatic rings. The van der Waals surface area contributed by atoms with Crippen molar-refractivity contribution < 1.29 is 4.42 Å². The van der Waals surface area contributed by atoms with Crippen molar-refractivity contribution in [1.29, 1.82) is 0 Å². The molecule has 4 aromatic carbocycles. The zero-order valence-corrected chi connectivity index (χ0v) is 14.1. The van der Waals surface area contributed by atoms with Crippen LogP contribution in [0.2, 0.25) is 0 Å². The van der Waals surface area contributed by atoms with Crippen LogP contribution in [0.4, 0.5) is 11.4 Å². The van der Waals surface area contributed by atoms with Gasteiger partial charge in [-0.05, 0) is 42.0 Å². The number of anilines is 2. The summed E-state index contributed by atoms with van der Waals surface area (Å²) in [5.74, 6) is 0. The maximum Gasteiger partial charge on any atom is 0.135 e. The average molecular weight is 335 g/mol. The first-order valence-corrected chi connectivity index (χ1v) is 8.71. The van der Waals surface area contributed by atoms with Gasteiger partial charge in [-0.1, -0.05) is 60.7 Å². The van der Waals surface area contributed by atoms with Gasteiger partial charge in [-0.3, -0.25) is 0 Å². The Bertz CT molecular complexity index is 1200. The van der Waals surface area contributed by atoms with E-state index in [0.29, 0.717) is 0 Å². The summed E-state index contributed by atoms with van der Waals surface area (Å²) >= 11 is 0. The van der Waals surface area contributed by atoms with Crippen molar-refractivity contribution in [3.8, 4) is 11.1 Å². The molecule has 0 atom stereocenters. The molecule has 5 rings (SSSR count). The first kappa shape index (κ1) is 14.8. The third-order valence-electron chi connectivity index (χ3n) is 4.67. The summed E-state index contributed by atoms with van der Waals surface area (Å²) in [6.07, 6.45) is 0. The van der Waals surface area contributed by atoms with Gasteiger partial charge < -0.3 is 9.73 Å². The molecule has 2 heteroatoms. The maximum atomic E-state index is 5.95. The highest BCUT2D eigenvalue weighted by atomic mass is 16.3. The van der Waals surface area contributed by atoms with E-state index in [1.165, 1.54) is 11.1 Å². The third kappa shape index (κ3) is 2.52. The summed E-state index contributed by atoms with van der Waals surface area (Å²) in [6.45, 7) is 0. The van der Waals surface area contributed by atoms with Gasteiger partial charge in [0, 0.05) is 27.7 Å². The van der Waals surface area contributed by atoms with Gasteiger partial charge in [-0.15, -0.1) is 0 Å². The van der Waals surface area contributed by atoms with Crippen LogP contribution < -0.4 is 5.32 Å². The molecule has 124 valence electrons. The quantitative estimate of drug-likeness (QED) is 0.384. The first-order valence-electron chi connectivity index (χ1n) is 8.71. The Morgan fingerprint density at radius 2 is 1.31 bits per heavy atom. The smallest absolute Gasteiger partial charge is 0.135 e. The monoisotopic (exact) mass is 335 g/mol. The third-order valence-corrected chi connectivity index (χ3v) is 4.67. The summed E-state index contributed by atoms with van der Waals surface area (Å²) in [5, 5.41) is 5.82. The average Bonchev–Trinajstić information content (AvgIpc) is 3.07. The van der Waals surface area contributed by atoms with Crippen molar-refractivity contribution in [3.05, 3.63) is 97.1 Å². The predicted octanol–water partition coefficient (Wildman–Crippen LogP) is 7.00. The molecule has 0 amide bonds. The number of nitrogens with one attached hydrogen (secondary N) is 1. The summed E-state index contributed by atoms with van der Waals surface area (Å²) in [4.78, 5) is 0. The van der Waals surface area contributed by atoms with Crippen molar-refractivity contribution in [1.82, 2.24) is 0 Å². The SMILES string of the molecule is c1ccc(Nc2ccccc2-c2ccc3oc4ccccc4c3c2)cc1. The predicted molar refractivity (Wildman–Crippen MR) is 109 cm³/mol. The number of fused-ring (bicyclic) bond motifs is 3. The maximum absolute atomic E-state index is 5.95. The Balaban J connectivity index is 1.65. The lowest BCUT2D eigenvalue weighted by molar-refractivity contribution is 0.669. The van der Waals surface area contributed by atoms with Gasteiger partial charge in [0.1, 0.15) is 11.2 Å². The van der Waals surface area contributed by atoms with Crippen molar-refractivity contribution >= 4 is 33.3 Å². The highest BCUT2D eigenvalue weighted by Gasteiger charge is 2.10. The van der Waals surface area contributed by atoms with E-state index >= 15 is 0 Å². The molecule has 0 fully saturated rings. The van der Waals surface area contributed by atoms with Gasteiger partial charge in [-0.2, -0.15) is 0 Å². The molecule has 2 nitrogen and oxygen atoms in total. The fourth-order valence-corrected chi connectivity index (χ4v) is 3.41. The Morgan fingerprint density at radius 3 is 2.23 bits per heavy atom. The van der Waals surface area contributed by atoms with E-state index in [2.05, 4.69) is 72.0 Å². The molecular weight excluding hydrogens is 318 g/mol. The Kier molecular flexibility index (Phi) is 3.46. The molecular formula is C24H17NO. The van der Waals surface area contributed by atoms with E-state index in [0.717, 1.165) is 33.3 Å². The molecule has 1 N–H and O–H groups in total. The van der Waals surface area contributed by atoms with E-state index in [1.807, 2.05) is 30.3 Å². The number of benzene rings is 4. The van der Waals surface area contributed by atoms with Gasteiger partial charge >= 0.3 is 0 Å². The Hall–Kier alpha value is -3.52. The van der Waals surface area contributed by atoms with Crippen LogP contribution >= 0.6 is 0 Å². The second kappa shape index (κ2) is 6.08. The molecule has 0 unspecified atom stereocenters. The molecule has 0 aliphatic heterocycles. The van der Waals surface area contributed by atoms with E-state index in [9.17, 15) is 0 Å². The van der Waals surface area contributed by atoms with Crippen LogP contribution in [0, 0.1) is 0 Å². The number of furan rings is 1. The standard InChI is InChI=1S/C24H17NO/c1-2-8-18(9-3-1)25-22-12-6-4-10-19(22)17-14-15-24-21(16-17)20-11-5-7-13-23(20)26-24/h1-16,25H. The number of para-hydroxylation sites is 3. The lowest BCUT2D eigenvalue weighted by atomic mass is 10.0. The fraction of sp³-hybridized carbons (Fsp3) is 0. The normalized spacial score (nSPS) is 11.1. The van der Waals surface area contributed by atoms with Crippen LogP contribution in [0.25, 0.3) is 33.1 Å². The van der Waals surface area contributed by atoms with Crippen LogP contribution in [0.3, 0.4) is 0 Å². The van der Waals surface area contributed by atoms with Crippen LogP contribution in [0.5, 0.6) is 0 Å². The van der Waals surface area contributed by atoms with Crippen LogP contribution in [-0.4, -0.2) is 0 Å². The zero-order chi connectivity index (χ0) is 17.3. The Labute approximate surface area is 151 Å². The van der Waals surface area contributed by atoms with E-state index in [4.69, 9.17) is 4.42 Å². The summed E-state index contributed by atoms with van der Waals surface area (Å²) in [6, 6.07) is 33.2. The molecule has 5 aromatic rings.